The maximum atomic E-state index is 10.7. The van der Waals surface area contributed by atoms with E-state index in [1.165, 1.54) is 24.3 Å². The highest BCUT2D eigenvalue weighted by Gasteiger charge is 2.16. The Balaban J connectivity index is 3.14. The molecule has 0 aliphatic heterocycles. The Morgan fingerprint density at radius 2 is 2.25 bits per heavy atom. The average Bonchev–Trinajstić information content (AvgIpc) is 2.28. The van der Waals surface area contributed by atoms with Gasteiger partial charge < -0.3 is 4.74 Å². The normalized spacial score (nSPS) is 11.6. The number of hydrogen-bond acceptors (Lipinski definition) is 4. The molecule has 0 heterocycles. The lowest BCUT2D eigenvalue weighted by atomic mass is 10.2. The maximum absolute atomic E-state index is 10.7. The van der Waals surface area contributed by atoms with Gasteiger partial charge in [-0.15, -0.1) is 0 Å². The Kier molecular flexibility index (Phi) is 3.77. The van der Waals surface area contributed by atoms with Gasteiger partial charge in [-0.3, -0.25) is 14.9 Å². The number of nitro benzene ring substituents is 1. The van der Waals surface area contributed by atoms with E-state index in [0.717, 1.165) is 0 Å². The third-order valence-electron chi connectivity index (χ3n) is 1.96. The summed E-state index contributed by atoms with van der Waals surface area (Å²) in [4.78, 5) is 20.7. The lowest BCUT2D eigenvalue weighted by Gasteiger charge is -2.10. The van der Waals surface area contributed by atoms with Crippen LogP contribution in [0.3, 0.4) is 0 Å². The molecular formula is C11H11NO4. The second-order valence-electron chi connectivity index (χ2n) is 3.16. The number of ether oxygens (including phenoxy) is 1. The zero-order valence-corrected chi connectivity index (χ0v) is 8.75. The summed E-state index contributed by atoms with van der Waals surface area (Å²) in [6.45, 7) is 5.21. The van der Waals surface area contributed by atoms with Crippen molar-refractivity contribution in [3.05, 3.63) is 46.5 Å². The molecule has 1 aromatic rings. The Labute approximate surface area is 92.5 Å². The van der Waals surface area contributed by atoms with Crippen LogP contribution in [0.5, 0.6) is 5.75 Å². The van der Waals surface area contributed by atoms with Crippen LogP contribution in [0.1, 0.15) is 17.3 Å². The van der Waals surface area contributed by atoms with Crippen LogP contribution < -0.4 is 4.74 Å². The van der Waals surface area contributed by atoms with Gasteiger partial charge in [0.25, 0.3) is 0 Å². The van der Waals surface area contributed by atoms with Crippen LogP contribution in [0.25, 0.3) is 0 Å². The highest BCUT2D eigenvalue weighted by Crippen LogP contribution is 2.28. The smallest absolute Gasteiger partial charge is 0.310 e. The van der Waals surface area contributed by atoms with Crippen molar-refractivity contribution in [2.45, 2.75) is 13.0 Å². The van der Waals surface area contributed by atoms with E-state index in [4.69, 9.17) is 4.74 Å². The fraction of sp³-hybridized carbons (Fsp3) is 0.182. The molecule has 1 unspecified atom stereocenters. The summed E-state index contributed by atoms with van der Waals surface area (Å²) in [5.74, 6) is 0.0713. The fourth-order valence-corrected chi connectivity index (χ4v) is 1.10. The molecule has 0 bridgehead atoms. The van der Waals surface area contributed by atoms with Gasteiger partial charge in [0.05, 0.1) is 4.92 Å². The third-order valence-corrected chi connectivity index (χ3v) is 1.96. The Bertz CT molecular complexity index is 428. The second kappa shape index (κ2) is 5.06. The lowest BCUT2D eigenvalue weighted by molar-refractivity contribution is -0.386. The van der Waals surface area contributed by atoms with E-state index in [-0.39, 0.29) is 17.5 Å². The van der Waals surface area contributed by atoms with Gasteiger partial charge in [-0.1, -0.05) is 12.7 Å². The number of aldehydes is 1. The molecule has 0 radical (unpaired) electrons. The van der Waals surface area contributed by atoms with Crippen LogP contribution in [0.2, 0.25) is 0 Å². The Morgan fingerprint density at radius 3 is 2.75 bits per heavy atom. The molecular weight excluding hydrogens is 210 g/mol. The first-order chi connectivity index (χ1) is 7.58. The predicted octanol–water partition coefficient (Wildman–Crippen LogP) is 2.36. The Hall–Kier alpha value is -2.17. The predicted molar refractivity (Wildman–Crippen MR) is 58.8 cm³/mol. The molecule has 0 saturated carbocycles. The van der Waals surface area contributed by atoms with E-state index < -0.39 is 4.92 Å². The molecule has 0 spiro atoms. The van der Waals surface area contributed by atoms with Gasteiger partial charge in [-0.25, -0.2) is 0 Å². The molecule has 5 heteroatoms. The summed E-state index contributed by atoms with van der Waals surface area (Å²) in [5.41, 5.74) is 0.163. The minimum Gasteiger partial charge on any atom is -0.480 e. The summed E-state index contributed by atoms with van der Waals surface area (Å²) < 4.78 is 5.28. The van der Waals surface area contributed by atoms with Gasteiger partial charge >= 0.3 is 5.69 Å². The van der Waals surface area contributed by atoms with Crippen molar-refractivity contribution in [1.29, 1.82) is 0 Å². The number of nitrogens with zero attached hydrogens (tertiary/aromatic N) is 1. The van der Waals surface area contributed by atoms with Crippen molar-refractivity contribution >= 4 is 12.0 Å². The molecule has 5 nitrogen and oxygen atoms in total. The van der Waals surface area contributed by atoms with Crippen LogP contribution in [-0.2, 0) is 0 Å². The van der Waals surface area contributed by atoms with Crippen molar-refractivity contribution in [1.82, 2.24) is 0 Å². The van der Waals surface area contributed by atoms with Crippen LogP contribution in [-0.4, -0.2) is 17.3 Å². The van der Waals surface area contributed by atoms with Gasteiger partial charge in [0, 0.05) is 11.6 Å². The van der Waals surface area contributed by atoms with Crippen LogP contribution >= 0.6 is 0 Å². The zero-order valence-electron chi connectivity index (χ0n) is 8.75. The molecule has 1 aromatic carbocycles. The fourth-order valence-electron chi connectivity index (χ4n) is 1.10. The molecule has 0 fully saturated rings. The first-order valence-corrected chi connectivity index (χ1v) is 4.61. The molecule has 0 aliphatic rings. The van der Waals surface area contributed by atoms with Gasteiger partial charge in [0.15, 0.2) is 5.75 Å². The quantitative estimate of drug-likeness (QED) is 0.331. The SMILES string of the molecule is C=CC(C)Oc1cc(C=O)ccc1[N+](=O)[O-]. The summed E-state index contributed by atoms with van der Waals surface area (Å²) in [7, 11) is 0. The van der Waals surface area contributed by atoms with Crippen LogP contribution in [0.15, 0.2) is 30.9 Å². The molecule has 0 saturated heterocycles. The van der Waals surface area contributed by atoms with Crippen molar-refractivity contribution in [2.75, 3.05) is 0 Å². The molecule has 0 aromatic heterocycles. The topological polar surface area (TPSA) is 69.4 Å². The number of benzene rings is 1. The highest BCUT2D eigenvalue weighted by atomic mass is 16.6. The van der Waals surface area contributed by atoms with Crippen molar-refractivity contribution in [2.24, 2.45) is 0 Å². The largest absolute Gasteiger partial charge is 0.480 e. The van der Waals surface area contributed by atoms with Gasteiger partial charge in [0.2, 0.25) is 0 Å². The van der Waals surface area contributed by atoms with E-state index in [9.17, 15) is 14.9 Å². The average molecular weight is 221 g/mol. The van der Waals surface area contributed by atoms with Crippen molar-refractivity contribution < 1.29 is 14.5 Å². The number of nitro groups is 1. The zero-order chi connectivity index (χ0) is 12.1. The standard InChI is InChI=1S/C11H11NO4/c1-3-8(2)16-11-6-9(7-13)4-5-10(11)12(14)15/h3-8H,1H2,2H3. The summed E-state index contributed by atoms with van der Waals surface area (Å²) in [6.07, 6.45) is 1.76. The van der Waals surface area contributed by atoms with E-state index >= 15 is 0 Å². The molecule has 84 valence electrons. The minimum absolute atomic E-state index is 0.0713. The van der Waals surface area contributed by atoms with Gasteiger partial charge in [-0.2, -0.15) is 0 Å². The number of carbonyl (C=O) groups is 1. The number of hydrogen-bond donors (Lipinski definition) is 0. The Morgan fingerprint density at radius 1 is 1.56 bits per heavy atom. The van der Waals surface area contributed by atoms with Crippen LogP contribution in [0.4, 0.5) is 5.69 Å². The minimum atomic E-state index is -0.556. The molecule has 0 aliphatic carbocycles. The third kappa shape index (κ3) is 2.66. The molecule has 1 rings (SSSR count). The van der Waals surface area contributed by atoms with Crippen molar-refractivity contribution in [3.63, 3.8) is 0 Å². The molecule has 0 N–H and O–H groups in total. The van der Waals surface area contributed by atoms with E-state index in [0.29, 0.717) is 11.8 Å². The first-order valence-electron chi connectivity index (χ1n) is 4.61. The van der Waals surface area contributed by atoms with E-state index in [1.807, 2.05) is 0 Å². The summed E-state index contributed by atoms with van der Waals surface area (Å²) >= 11 is 0. The van der Waals surface area contributed by atoms with Crippen LogP contribution in [0, 0.1) is 10.1 Å². The van der Waals surface area contributed by atoms with E-state index in [2.05, 4.69) is 6.58 Å². The molecule has 16 heavy (non-hydrogen) atoms. The lowest BCUT2D eigenvalue weighted by Crippen LogP contribution is -2.09. The van der Waals surface area contributed by atoms with Gasteiger partial charge in [0.1, 0.15) is 12.4 Å². The molecule has 0 amide bonds. The maximum Gasteiger partial charge on any atom is 0.310 e. The number of rotatable bonds is 5. The number of carbonyl (C=O) groups excluding carboxylic acids is 1. The van der Waals surface area contributed by atoms with Crippen molar-refractivity contribution in [3.8, 4) is 5.75 Å². The highest BCUT2D eigenvalue weighted by molar-refractivity contribution is 5.76. The molecule has 1 atom stereocenters. The van der Waals surface area contributed by atoms with E-state index in [1.54, 1.807) is 6.92 Å². The summed E-state index contributed by atoms with van der Waals surface area (Å²) in [5, 5.41) is 10.7. The first kappa shape index (κ1) is 11.9. The summed E-state index contributed by atoms with van der Waals surface area (Å²) in [6, 6.07) is 3.95. The monoisotopic (exact) mass is 221 g/mol. The van der Waals surface area contributed by atoms with Gasteiger partial charge in [-0.05, 0) is 19.1 Å². The second-order valence-corrected chi connectivity index (χ2v) is 3.16.